The zero-order chi connectivity index (χ0) is 18.2. The first-order valence-electron chi connectivity index (χ1n) is 9.69. The smallest absolute Gasteiger partial charge is 0.175 e. The number of hydrogen-bond acceptors (Lipinski definition) is 3. The Labute approximate surface area is 152 Å². The molecule has 0 aliphatic carbocycles. The first-order valence-corrected chi connectivity index (χ1v) is 9.69. The number of aryl methyl sites for hydroxylation is 2. The quantitative estimate of drug-likeness (QED) is 0.484. The molecule has 1 aromatic carbocycles. The molecule has 0 saturated heterocycles. The zero-order valence-electron chi connectivity index (χ0n) is 16.3. The van der Waals surface area contributed by atoms with E-state index in [-0.39, 0.29) is 0 Å². The third-order valence-electron chi connectivity index (χ3n) is 4.72. The molecule has 2 rings (SSSR count). The van der Waals surface area contributed by atoms with Crippen LogP contribution in [-0.2, 0) is 13.0 Å². The highest BCUT2D eigenvalue weighted by Gasteiger charge is 2.19. The van der Waals surface area contributed by atoms with Crippen molar-refractivity contribution in [1.82, 2.24) is 14.6 Å². The SMILES string of the molecule is CCCCCc1nc(-c2ccc(C)cc2)n(O)c1CN(CC)CCC. The van der Waals surface area contributed by atoms with Crippen molar-refractivity contribution >= 4 is 0 Å². The standard InChI is InChI=1S/C21H33N3O/c1-5-8-9-10-19-20(16-23(7-3)15-6-2)24(25)21(22-19)18-13-11-17(4)12-14-18/h11-14,25H,5-10,15-16H2,1-4H3. The van der Waals surface area contributed by atoms with Gasteiger partial charge in [-0.2, -0.15) is 4.73 Å². The third-order valence-corrected chi connectivity index (χ3v) is 4.72. The third kappa shape index (κ3) is 5.08. The first-order chi connectivity index (χ1) is 12.1. The highest BCUT2D eigenvalue weighted by molar-refractivity contribution is 5.57. The van der Waals surface area contributed by atoms with Crippen LogP contribution in [0.25, 0.3) is 11.4 Å². The van der Waals surface area contributed by atoms with E-state index in [0.717, 1.165) is 55.8 Å². The lowest BCUT2D eigenvalue weighted by molar-refractivity contribution is 0.164. The number of hydrogen-bond donors (Lipinski definition) is 1. The molecule has 0 amide bonds. The Kier molecular flexibility index (Phi) is 7.51. The normalized spacial score (nSPS) is 11.4. The Bertz CT molecular complexity index is 646. The van der Waals surface area contributed by atoms with Crippen molar-refractivity contribution in [3.63, 3.8) is 0 Å². The van der Waals surface area contributed by atoms with Crippen LogP contribution < -0.4 is 0 Å². The second-order valence-corrected chi connectivity index (χ2v) is 6.83. The summed E-state index contributed by atoms with van der Waals surface area (Å²) < 4.78 is 1.32. The number of imidazole rings is 1. The van der Waals surface area contributed by atoms with Crippen molar-refractivity contribution < 1.29 is 5.21 Å². The van der Waals surface area contributed by atoms with E-state index in [1.54, 1.807) is 0 Å². The Balaban J connectivity index is 2.34. The number of unbranched alkanes of at least 4 members (excludes halogenated alkanes) is 2. The summed E-state index contributed by atoms with van der Waals surface area (Å²) in [6, 6.07) is 8.20. The van der Waals surface area contributed by atoms with Crippen molar-refractivity contribution in [1.29, 1.82) is 0 Å². The van der Waals surface area contributed by atoms with Gasteiger partial charge in [-0.25, -0.2) is 4.98 Å². The fourth-order valence-corrected chi connectivity index (χ4v) is 3.16. The van der Waals surface area contributed by atoms with Crippen LogP contribution in [0, 0.1) is 6.92 Å². The Hall–Kier alpha value is -1.81. The summed E-state index contributed by atoms with van der Waals surface area (Å²) in [5, 5.41) is 10.8. The summed E-state index contributed by atoms with van der Waals surface area (Å²) in [5.74, 6) is 0.661. The molecule has 1 heterocycles. The van der Waals surface area contributed by atoms with Crippen LogP contribution >= 0.6 is 0 Å². The summed E-state index contributed by atoms with van der Waals surface area (Å²) in [4.78, 5) is 7.18. The van der Waals surface area contributed by atoms with Crippen molar-refractivity contribution in [3.05, 3.63) is 41.2 Å². The average molecular weight is 344 g/mol. The molecule has 1 N–H and O–H groups in total. The molecular weight excluding hydrogens is 310 g/mol. The van der Waals surface area contributed by atoms with Gasteiger partial charge in [-0.15, -0.1) is 0 Å². The van der Waals surface area contributed by atoms with Gasteiger partial charge in [-0.1, -0.05) is 63.4 Å². The lowest BCUT2D eigenvalue weighted by atomic mass is 10.1. The van der Waals surface area contributed by atoms with Crippen LogP contribution in [0.3, 0.4) is 0 Å². The predicted octanol–water partition coefficient (Wildman–Crippen LogP) is 5.06. The van der Waals surface area contributed by atoms with Gasteiger partial charge in [0.2, 0.25) is 0 Å². The van der Waals surface area contributed by atoms with E-state index < -0.39 is 0 Å². The molecule has 0 fully saturated rings. The average Bonchev–Trinajstić information content (AvgIpc) is 2.92. The highest BCUT2D eigenvalue weighted by atomic mass is 16.5. The van der Waals surface area contributed by atoms with E-state index in [4.69, 9.17) is 4.98 Å². The molecule has 0 unspecified atom stereocenters. The van der Waals surface area contributed by atoms with Crippen LogP contribution in [0.4, 0.5) is 0 Å². The Morgan fingerprint density at radius 1 is 1.04 bits per heavy atom. The van der Waals surface area contributed by atoms with Gasteiger partial charge in [0.25, 0.3) is 0 Å². The summed E-state index contributed by atoms with van der Waals surface area (Å²) >= 11 is 0. The van der Waals surface area contributed by atoms with Gasteiger partial charge < -0.3 is 5.21 Å². The second-order valence-electron chi connectivity index (χ2n) is 6.83. The van der Waals surface area contributed by atoms with Gasteiger partial charge in [-0.3, -0.25) is 4.90 Å². The first kappa shape index (κ1) is 19.5. The minimum Gasteiger partial charge on any atom is -0.427 e. The molecule has 1 aromatic heterocycles. The molecule has 0 bridgehead atoms. The van der Waals surface area contributed by atoms with Crippen LogP contribution in [0.5, 0.6) is 0 Å². The van der Waals surface area contributed by atoms with Gasteiger partial charge in [-0.05, 0) is 39.3 Å². The Morgan fingerprint density at radius 2 is 1.76 bits per heavy atom. The molecule has 0 saturated carbocycles. The molecule has 2 aromatic rings. The number of benzene rings is 1. The van der Waals surface area contributed by atoms with E-state index in [1.165, 1.54) is 23.1 Å². The van der Waals surface area contributed by atoms with Gasteiger partial charge in [0.15, 0.2) is 5.82 Å². The van der Waals surface area contributed by atoms with Crippen molar-refractivity contribution in [2.45, 2.75) is 66.3 Å². The maximum Gasteiger partial charge on any atom is 0.175 e. The van der Waals surface area contributed by atoms with Gasteiger partial charge in [0.05, 0.1) is 11.4 Å². The summed E-state index contributed by atoms with van der Waals surface area (Å²) in [7, 11) is 0. The molecule has 0 spiro atoms. The predicted molar refractivity (Wildman–Crippen MR) is 104 cm³/mol. The lowest BCUT2D eigenvalue weighted by Gasteiger charge is -2.20. The number of nitrogens with zero attached hydrogens (tertiary/aromatic N) is 3. The number of rotatable bonds is 10. The molecule has 0 aliphatic rings. The zero-order valence-corrected chi connectivity index (χ0v) is 16.3. The van der Waals surface area contributed by atoms with E-state index >= 15 is 0 Å². The largest absolute Gasteiger partial charge is 0.427 e. The van der Waals surface area contributed by atoms with Crippen molar-refractivity contribution in [2.24, 2.45) is 0 Å². The summed E-state index contributed by atoms with van der Waals surface area (Å²) in [6.07, 6.45) is 5.55. The van der Waals surface area contributed by atoms with Crippen LogP contribution in [0.15, 0.2) is 24.3 Å². The van der Waals surface area contributed by atoms with E-state index in [1.807, 2.05) is 12.1 Å². The topological polar surface area (TPSA) is 41.3 Å². The van der Waals surface area contributed by atoms with Crippen LogP contribution in [0.2, 0.25) is 0 Å². The molecular formula is C21H33N3O. The van der Waals surface area contributed by atoms with Gasteiger partial charge in [0.1, 0.15) is 0 Å². The molecule has 4 heteroatoms. The molecule has 0 aliphatic heterocycles. The molecule has 138 valence electrons. The molecule has 0 radical (unpaired) electrons. The van der Waals surface area contributed by atoms with Crippen LogP contribution in [0.1, 0.15) is 63.4 Å². The monoisotopic (exact) mass is 343 g/mol. The lowest BCUT2D eigenvalue weighted by Crippen LogP contribution is -2.25. The fraction of sp³-hybridized carbons (Fsp3) is 0.571. The fourth-order valence-electron chi connectivity index (χ4n) is 3.16. The Morgan fingerprint density at radius 3 is 2.36 bits per heavy atom. The second kappa shape index (κ2) is 9.62. The van der Waals surface area contributed by atoms with E-state index in [9.17, 15) is 5.21 Å². The molecule has 25 heavy (non-hydrogen) atoms. The van der Waals surface area contributed by atoms with Crippen molar-refractivity contribution in [3.8, 4) is 11.4 Å². The maximum absolute atomic E-state index is 10.8. The molecule has 0 atom stereocenters. The van der Waals surface area contributed by atoms with Gasteiger partial charge in [0, 0.05) is 12.1 Å². The highest BCUT2D eigenvalue weighted by Crippen LogP contribution is 2.24. The van der Waals surface area contributed by atoms with E-state index in [0.29, 0.717) is 5.82 Å². The summed E-state index contributed by atoms with van der Waals surface area (Å²) in [5.41, 5.74) is 4.17. The van der Waals surface area contributed by atoms with Gasteiger partial charge >= 0.3 is 0 Å². The minimum absolute atomic E-state index is 0.661. The molecule has 4 nitrogen and oxygen atoms in total. The number of aromatic nitrogens is 2. The van der Waals surface area contributed by atoms with E-state index in [2.05, 4.69) is 44.7 Å². The minimum atomic E-state index is 0.661. The van der Waals surface area contributed by atoms with Crippen LogP contribution in [-0.4, -0.2) is 32.9 Å². The van der Waals surface area contributed by atoms with Crippen molar-refractivity contribution in [2.75, 3.05) is 13.1 Å². The summed E-state index contributed by atoms with van der Waals surface area (Å²) in [6.45, 7) is 11.4. The maximum atomic E-state index is 10.8.